The molecule has 0 radical (unpaired) electrons. The van der Waals surface area contributed by atoms with Crippen LogP contribution in [0.3, 0.4) is 0 Å². The summed E-state index contributed by atoms with van der Waals surface area (Å²) in [5, 5.41) is 4.09. The molecular weight excluding hydrogens is 284 g/mol. The van der Waals surface area contributed by atoms with E-state index in [0.29, 0.717) is 12.4 Å². The molecule has 1 aromatic rings. The van der Waals surface area contributed by atoms with E-state index in [0.717, 1.165) is 38.0 Å². The zero-order valence-electron chi connectivity index (χ0n) is 13.4. The van der Waals surface area contributed by atoms with Gasteiger partial charge >= 0.3 is 5.97 Å². The molecule has 0 saturated carbocycles. The van der Waals surface area contributed by atoms with Gasteiger partial charge in [0.2, 0.25) is 0 Å². The number of ether oxygens (including phenoxy) is 1. The van der Waals surface area contributed by atoms with Crippen molar-refractivity contribution in [2.75, 3.05) is 24.6 Å². The van der Waals surface area contributed by atoms with Crippen LogP contribution in [0.15, 0.2) is 10.6 Å². The van der Waals surface area contributed by atoms with Gasteiger partial charge in [-0.15, -0.1) is 0 Å². The first-order valence-electron chi connectivity index (χ1n) is 7.90. The molecule has 122 valence electrons. The van der Waals surface area contributed by atoms with Crippen LogP contribution in [0.1, 0.15) is 45.3 Å². The molecule has 1 unspecified atom stereocenters. The van der Waals surface area contributed by atoms with Gasteiger partial charge in [0.05, 0.1) is 6.61 Å². The van der Waals surface area contributed by atoms with Gasteiger partial charge < -0.3 is 19.0 Å². The van der Waals surface area contributed by atoms with Gasteiger partial charge in [-0.25, -0.2) is 0 Å². The highest BCUT2D eigenvalue weighted by atomic mass is 16.5. The van der Waals surface area contributed by atoms with Gasteiger partial charge in [0.25, 0.3) is 0 Å². The van der Waals surface area contributed by atoms with E-state index in [1.807, 2.05) is 19.9 Å². The number of nitrogens with zero attached hydrogens (tertiary/aromatic N) is 2. The summed E-state index contributed by atoms with van der Waals surface area (Å²) in [6.07, 6.45) is 2.69. The van der Waals surface area contributed by atoms with Gasteiger partial charge in [-0.05, 0) is 25.7 Å². The lowest BCUT2D eigenvalue weighted by Crippen LogP contribution is -2.34. The zero-order valence-corrected chi connectivity index (χ0v) is 13.4. The first kappa shape index (κ1) is 16.5. The van der Waals surface area contributed by atoms with Crippen molar-refractivity contribution in [2.24, 2.45) is 11.8 Å². The fourth-order valence-corrected chi connectivity index (χ4v) is 2.79. The molecule has 6 nitrogen and oxygen atoms in total. The molecule has 2 heterocycles. The lowest BCUT2D eigenvalue weighted by molar-refractivity contribution is -0.146. The number of carbonyl (C=O) groups excluding carboxylic acids is 2. The van der Waals surface area contributed by atoms with Crippen molar-refractivity contribution < 1.29 is 18.8 Å². The minimum Gasteiger partial charge on any atom is -0.465 e. The maximum absolute atomic E-state index is 12.1. The number of piperidine rings is 1. The number of hydrogen-bond donors (Lipinski definition) is 0. The molecule has 1 fully saturated rings. The summed E-state index contributed by atoms with van der Waals surface area (Å²) < 4.78 is 10.5. The number of esters is 1. The average molecular weight is 308 g/mol. The molecule has 0 spiro atoms. The fraction of sp³-hybridized carbons (Fsp3) is 0.688. The third-order valence-corrected chi connectivity index (χ3v) is 4.09. The van der Waals surface area contributed by atoms with E-state index in [-0.39, 0.29) is 17.8 Å². The molecule has 0 N–H and O–H groups in total. The number of rotatable bonds is 6. The lowest BCUT2D eigenvalue weighted by atomic mass is 9.93. The predicted octanol–water partition coefficient (Wildman–Crippen LogP) is 2.39. The van der Waals surface area contributed by atoms with Crippen molar-refractivity contribution in [3.05, 3.63) is 11.8 Å². The first-order chi connectivity index (χ1) is 10.6. The summed E-state index contributed by atoms with van der Waals surface area (Å²) in [7, 11) is 0. The van der Waals surface area contributed by atoms with Crippen LogP contribution >= 0.6 is 0 Å². The largest absolute Gasteiger partial charge is 0.465 e. The van der Waals surface area contributed by atoms with Gasteiger partial charge in [-0.1, -0.05) is 19.0 Å². The molecule has 1 saturated heterocycles. The fourth-order valence-electron chi connectivity index (χ4n) is 2.79. The van der Waals surface area contributed by atoms with Crippen molar-refractivity contribution in [3.8, 4) is 0 Å². The van der Waals surface area contributed by atoms with Crippen LogP contribution in [0.2, 0.25) is 0 Å². The Labute approximate surface area is 130 Å². The average Bonchev–Trinajstić information content (AvgIpc) is 2.97. The molecule has 1 aliphatic heterocycles. The van der Waals surface area contributed by atoms with Crippen LogP contribution in [0.25, 0.3) is 0 Å². The van der Waals surface area contributed by atoms with Gasteiger partial charge in [0.1, 0.15) is 12.2 Å². The summed E-state index contributed by atoms with van der Waals surface area (Å²) in [5.41, 5.74) is 0. The van der Waals surface area contributed by atoms with Crippen LogP contribution in [-0.4, -0.2) is 37.1 Å². The van der Waals surface area contributed by atoms with Gasteiger partial charge in [0, 0.05) is 25.1 Å². The summed E-state index contributed by atoms with van der Waals surface area (Å²) in [6.45, 7) is 7.61. The molecule has 0 aliphatic carbocycles. The summed E-state index contributed by atoms with van der Waals surface area (Å²) in [6, 6.07) is 1.82. The Kier molecular flexibility index (Phi) is 5.57. The van der Waals surface area contributed by atoms with Crippen molar-refractivity contribution in [3.63, 3.8) is 0 Å². The Morgan fingerprint density at radius 1 is 1.50 bits per heavy atom. The molecular formula is C16H24N2O4. The quantitative estimate of drug-likeness (QED) is 0.593. The minimum atomic E-state index is -0.436. The summed E-state index contributed by atoms with van der Waals surface area (Å²) >= 11 is 0. The zero-order chi connectivity index (χ0) is 16.1. The maximum atomic E-state index is 12.1. The highest BCUT2D eigenvalue weighted by Crippen LogP contribution is 2.30. The number of aldehydes is 1. The molecule has 6 heteroatoms. The Hall–Kier alpha value is -1.85. The smallest absolute Gasteiger partial charge is 0.317 e. The second-order valence-electron chi connectivity index (χ2n) is 6.02. The number of hydrogen-bond acceptors (Lipinski definition) is 6. The standard InChI is InChI=1S/C16H24N2O4/c1-4-21-16(20)15(11(2)3)13-9-14(17-22-13)18-7-5-12(10-19)6-8-18/h9-12,15H,4-8H2,1-3H3. The molecule has 0 amide bonds. The molecule has 22 heavy (non-hydrogen) atoms. The van der Waals surface area contributed by atoms with Crippen LogP contribution in [0.4, 0.5) is 5.82 Å². The van der Waals surface area contributed by atoms with Crippen LogP contribution < -0.4 is 4.90 Å². The lowest BCUT2D eigenvalue weighted by Gasteiger charge is -2.29. The molecule has 0 bridgehead atoms. The van der Waals surface area contributed by atoms with Crippen molar-refractivity contribution in [2.45, 2.75) is 39.5 Å². The number of carbonyl (C=O) groups is 2. The number of aromatic nitrogens is 1. The Morgan fingerprint density at radius 3 is 2.73 bits per heavy atom. The molecule has 2 rings (SSSR count). The Bertz CT molecular complexity index is 504. The summed E-state index contributed by atoms with van der Waals surface area (Å²) in [5.74, 6) is 0.773. The second kappa shape index (κ2) is 7.42. The first-order valence-corrected chi connectivity index (χ1v) is 7.90. The topological polar surface area (TPSA) is 72.6 Å². The van der Waals surface area contributed by atoms with Crippen molar-refractivity contribution in [1.82, 2.24) is 5.16 Å². The number of anilines is 1. The normalized spacial score (nSPS) is 17.5. The van der Waals surface area contributed by atoms with E-state index in [9.17, 15) is 9.59 Å². The van der Waals surface area contributed by atoms with Crippen molar-refractivity contribution >= 4 is 18.1 Å². The van der Waals surface area contributed by atoms with Gasteiger partial charge in [-0.3, -0.25) is 4.79 Å². The third kappa shape index (κ3) is 3.67. The van der Waals surface area contributed by atoms with Crippen LogP contribution in [-0.2, 0) is 14.3 Å². The van der Waals surface area contributed by atoms with E-state index in [1.165, 1.54) is 0 Å². The second-order valence-corrected chi connectivity index (χ2v) is 6.02. The molecule has 1 atom stereocenters. The SMILES string of the molecule is CCOC(=O)C(c1cc(N2CCC(C=O)CC2)no1)C(C)C. The molecule has 0 aromatic carbocycles. The Morgan fingerprint density at radius 2 is 2.18 bits per heavy atom. The monoisotopic (exact) mass is 308 g/mol. The van der Waals surface area contributed by atoms with Crippen molar-refractivity contribution in [1.29, 1.82) is 0 Å². The highest BCUT2D eigenvalue weighted by molar-refractivity contribution is 5.78. The molecule has 1 aromatic heterocycles. The van der Waals surface area contributed by atoms with Gasteiger partial charge in [0.15, 0.2) is 11.6 Å². The highest BCUT2D eigenvalue weighted by Gasteiger charge is 2.31. The summed E-state index contributed by atoms with van der Waals surface area (Å²) in [4.78, 5) is 25.0. The maximum Gasteiger partial charge on any atom is 0.317 e. The minimum absolute atomic E-state index is 0.0700. The predicted molar refractivity (Wildman–Crippen MR) is 81.7 cm³/mol. The van der Waals surface area contributed by atoms with E-state index in [1.54, 1.807) is 6.92 Å². The van der Waals surface area contributed by atoms with E-state index >= 15 is 0 Å². The molecule has 1 aliphatic rings. The van der Waals surface area contributed by atoms with Gasteiger partial charge in [-0.2, -0.15) is 0 Å². The van der Waals surface area contributed by atoms with Crippen LogP contribution in [0.5, 0.6) is 0 Å². The van der Waals surface area contributed by atoms with Crippen LogP contribution in [0, 0.1) is 11.8 Å². The third-order valence-electron chi connectivity index (χ3n) is 4.09. The Balaban J connectivity index is 2.09. The van der Waals surface area contributed by atoms with E-state index in [2.05, 4.69) is 10.1 Å². The van der Waals surface area contributed by atoms with E-state index in [4.69, 9.17) is 9.26 Å². The van der Waals surface area contributed by atoms with E-state index < -0.39 is 5.92 Å².